The molecular formula is C15H19FN2O. The van der Waals surface area contributed by atoms with E-state index >= 15 is 0 Å². The van der Waals surface area contributed by atoms with Gasteiger partial charge in [0.25, 0.3) is 5.91 Å². The number of amides is 1. The van der Waals surface area contributed by atoms with E-state index in [0.717, 1.165) is 6.42 Å². The Labute approximate surface area is 113 Å². The summed E-state index contributed by atoms with van der Waals surface area (Å²) in [6.07, 6.45) is 0.868. The maximum absolute atomic E-state index is 13.8. The van der Waals surface area contributed by atoms with Gasteiger partial charge in [0.05, 0.1) is 12.1 Å². The van der Waals surface area contributed by atoms with E-state index < -0.39 is 11.7 Å². The Morgan fingerprint density at radius 3 is 2.79 bits per heavy atom. The van der Waals surface area contributed by atoms with Crippen LogP contribution in [-0.4, -0.2) is 19.0 Å². The molecule has 0 aliphatic carbocycles. The van der Waals surface area contributed by atoms with Crippen LogP contribution >= 0.6 is 0 Å². The van der Waals surface area contributed by atoms with E-state index in [2.05, 4.69) is 31.0 Å². The van der Waals surface area contributed by atoms with Crippen LogP contribution < -0.4 is 11.1 Å². The van der Waals surface area contributed by atoms with E-state index in [4.69, 9.17) is 5.73 Å². The lowest BCUT2D eigenvalue weighted by Crippen LogP contribution is -2.26. The smallest absolute Gasteiger partial charge is 0.254 e. The first kappa shape index (κ1) is 15.2. The van der Waals surface area contributed by atoms with Gasteiger partial charge in [0.15, 0.2) is 0 Å². The molecule has 1 aromatic rings. The van der Waals surface area contributed by atoms with Gasteiger partial charge in [-0.1, -0.05) is 25.7 Å². The molecule has 0 aliphatic heterocycles. The number of halogens is 1. The molecule has 1 amide bonds. The van der Waals surface area contributed by atoms with Gasteiger partial charge >= 0.3 is 0 Å². The molecule has 3 nitrogen and oxygen atoms in total. The van der Waals surface area contributed by atoms with E-state index in [9.17, 15) is 9.18 Å². The summed E-state index contributed by atoms with van der Waals surface area (Å²) in [5.41, 5.74) is 5.80. The predicted molar refractivity (Wildman–Crippen MR) is 74.1 cm³/mol. The predicted octanol–water partition coefficient (Wildman–Crippen LogP) is 1.91. The highest BCUT2D eigenvalue weighted by Crippen LogP contribution is 2.10. The molecule has 4 heteroatoms. The molecule has 1 rings (SSSR count). The summed E-state index contributed by atoms with van der Waals surface area (Å²) in [7, 11) is 0. The van der Waals surface area contributed by atoms with Crippen molar-refractivity contribution in [3.8, 4) is 11.8 Å². The molecule has 1 aromatic carbocycles. The molecule has 0 spiro atoms. The van der Waals surface area contributed by atoms with E-state index in [1.165, 1.54) is 12.1 Å². The molecule has 0 bridgehead atoms. The molecule has 0 aliphatic rings. The minimum Gasteiger partial charge on any atom is -0.352 e. The van der Waals surface area contributed by atoms with E-state index in [1.807, 2.05) is 0 Å². The first-order chi connectivity index (χ1) is 9.04. The largest absolute Gasteiger partial charge is 0.352 e. The third kappa shape index (κ3) is 5.11. The van der Waals surface area contributed by atoms with Gasteiger partial charge in [0, 0.05) is 12.1 Å². The van der Waals surface area contributed by atoms with E-state index in [1.54, 1.807) is 6.07 Å². The molecule has 19 heavy (non-hydrogen) atoms. The summed E-state index contributed by atoms with van der Waals surface area (Å²) in [6.45, 7) is 4.90. The third-order valence-electron chi connectivity index (χ3n) is 2.56. The van der Waals surface area contributed by atoms with Crippen molar-refractivity contribution in [3.63, 3.8) is 0 Å². The van der Waals surface area contributed by atoms with Gasteiger partial charge in [-0.05, 0) is 30.5 Å². The van der Waals surface area contributed by atoms with Gasteiger partial charge in [-0.15, -0.1) is 0 Å². The number of rotatable bonds is 4. The number of carbonyl (C=O) groups is 1. The van der Waals surface area contributed by atoms with Crippen LogP contribution in [0, 0.1) is 23.6 Å². The number of hydrogen-bond acceptors (Lipinski definition) is 2. The van der Waals surface area contributed by atoms with Crippen molar-refractivity contribution < 1.29 is 9.18 Å². The SMILES string of the molecule is CC(C)CCNC(=O)c1ccc(C#CCN)cc1F. The minimum atomic E-state index is -0.564. The standard InChI is InChI=1S/C15H19FN2O/c1-11(2)7-9-18-15(19)13-6-5-12(4-3-8-17)10-14(13)16/h5-6,10-11H,7-9,17H2,1-2H3,(H,18,19). The van der Waals surface area contributed by atoms with Gasteiger partial charge in [-0.3, -0.25) is 4.79 Å². The second-order valence-electron chi connectivity index (χ2n) is 4.64. The van der Waals surface area contributed by atoms with Crippen LogP contribution in [0.25, 0.3) is 0 Å². The highest BCUT2D eigenvalue weighted by Gasteiger charge is 2.11. The maximum Gasteiger partial charge on any atom is 0.254 e. The molecule has 0 saturated heterocycles. The van der Waals surface area contributed by atoms with Crippen molar-refractivity contribution in [2.24, 2.45) is 11.7 Å². The Morgan fingerprint density at radius 2 is 2.21 bits per heavy atom. The van der Waals surface area contributed by atoms with Crippen molar-refractivity contribution in [2.75, 3.05) is 13.1 Å². The van der Waals surface area contributed by atoms with Crippen molar-refractivity contribution in [1.82, 2.24) is 5.32 Å². The zero-order valence-corrected chi connectivity index (χ0v) is 11.3. The Morgan fingerprint density at radius 1 is 1.47 bits per heavy atom. The topological polar surface area (TPSA) is 55.1 Å². The number of nitrogens with one attached hydrogen (secondary N) is 1. The summed E-state index contributed by atoms with van der Waals surface area (Å²) in [4.78, 5) is 11.8. The van der Waals surface area contributed by atoms with Gasteiger partial charge in [-0.2, -0.15) is 0 Å². The van der Waals surface area contributed by atoms with Gasteiger partial charge in [0.1, 0.15) is 5.82 Å². The molecule has 0 aromatic heterocycles. The summed E-state index contributed by atoms with van der Waals surface area (Å²) in [5, 5.41) is 2.70. The highest BCUT2D eigenvalue weighted by atomic mass is 19.1. The summed E-state index contributed by atoms with van der Waals surface area (Å²) in [6, 6.07) is 4.31. The number of benzene rings is 1. The molecule has 0 unspecified atom stereocenters. The zero-order valence-electron chi connectivity index (χ0n) is 11.3. The molecule has 0 fully saturated rings. The molecule has 3 N–H and O–H groups in total. The molecule has 0 heterocycles. The van der Waals surface area contributed by atoms with E-state index in [0.29, 0.717) is 18.0 Å². The zero-order chi connectivity index (χ0) is 14.3. The first-order valence-electron chi connectivity index (χ1n) is 6.31. The molecule has 102 valence electrons. The molecule has 0 saturated carbocycles. The van der Waals surface area contributed by atoms with E-state index in [-0.39, 0.29) is 12.1 Å². The molecular weight excluding hydrogens is 243 g/mol. The van der Waals surface area contributed by atoms with Crippen molar-refractivity contribution in [1.29, 1.82) is 0 Å². The Balaban J connectivity index is 2.70. The van der Waals surface area contributed by atoms with Crippen LogP contribution in [0.1, 0.15) is 36.2 Å². The third-order valence-corrected chi connectivity index (χ3v) is 2.56. The van der Waals surface area contributed by atoms with Crippen LogP contribution in [-0.2, 0) is 0 Å². The fourth-order valence-corrected chi connectivity index (χ4v) is 1.50. The second kappa shape index (κ2) is 7.55. The maximum atomic E-state index is 13.8. The van der Waals surface area contributed by atoms with Gasteiger partial charge in [-0.25, -0.2) is 4.39 Å². The summed E-state index contributed by atoms with van der Waals surface area (Å²) >= 11 is 0. The van der Waals surface area contributed by atoms with Gasteiger partial charge < -0.3 is 11.1 Å². The lowest BCUT2D eigenvalue weighted by molar-refractivity contribution is 0.0948. The summed E-state index contributed by atoms with van der Waals surface area (Å²) in [5.74, 6) is 4.90. The fraction of sp³-hybridized carbons (Fsp3) is 0.400. The van der Waals surface area contributed by atoms with Crippen molar-refractivity contribution in [3.05, 3.63) is 35.1 Å². The molecule has 0 atom stereocenters. The highest BCUT2D eigenvalue weighted by molar-refractivity contribution is 5.94. The Bertz CT molecular complexity index is 501. The number of nitrogens with two attached hydrogens (primary N) is 1. The second-order valence-corrected chi connectivity index (χ2v) is 4.64. The van der Waals surface area contributed by atoms with Crippen LogP contribution in [0.2, 0.25) is 0 Å². The lowest BCUT2D eigenvalue weighted by atomic mass is 10.1. The normalized spacial score (nSPS) is 9.95. The molecule has 0 radical (unpaired) electrons. The number of hydrogen-bond donors (Lipinski definition) is 2. The quantitative estimate of drug-likeness (QED) is 0.814. The van der Waals surface area contributed by atoms with Crippen LogP contribution in [0.3, 0.4) is 0 Å². The van der Waals surface area contributed by atoms with Crippen molar-refractivity contribution >= 4 is 5.91 Å². The van der Waals surface area contributed by atoms with Crippen molar-refractivity contribution in [2.45, 2.75) is 20.3 Å². The Hall–Kier alpha value is -1.86. The first-order valence-corrected chi connectivity index (χ1v) is 6.31. The summed E-state index contributed by atoms with van der Waals surface area (Å²) < 4.78 is 13.8. The van der Waals surface area contributed by atoms with Gasteiger partial charge in [0.2, 0.25) is 0 Å². The fourth-order valence-electron chi connectivity index (χ4n) is 1.50. The van der Waals surface area contributed by atoms with Crippen LogP contribution in [0.15, 0.2) is 18.2 Å². The average molecular weight is 262 g/mol. The number of carbonyl (C=O) groups excluding carboxylic acids is 1. The average Bonchev–Trinajstić information content (AvgIpc) is 2.35. The lowest BCUT2D eigenvalue weighted by Gasteiger charge is -2.08. The van der Waals surface area contributed by atoms with Crippen LogP contribution in [0.4, 0.5) is 4.39 Å². The van der Waals surface area contributed by atoms with Crippen LogP contribution in [0.5, 0.6) is 0 Å². The minimum absolute atomic E-state index is 0.0436. The monoisotopic (exact) mass is 262 g/mol. The Kier molecular flexibility index (Phi) is 6.04.